The Morgan fingerprint density at radius 1 is 0.383 bits per heavy atom. The Morgan fingerprint density at radius 3 is 1.70 bits per heavy atom. The zero-order valence-corrected chi connectivity index (χ0v) is 25.3. The van der Waals surface area contributed by atoms with E-state index in [1.165, 1.54) is 21.9 Å². The van der Waals surface area contributed by atoms with Crippen molar-refractivity contribution in [1.82, 2.24) is 14.1 Å². The first-order chi connectivity index (χ1) is 23.3. The summed E-state index contributed by atoms with van der Waals surface area (Å²) in [5, 5.41) is 4.58. The lowest BCUT2D eigenvalue weighted by Crippen LogP contribution is -1.98. The minimum atomic E-state index is 0.836. The van der Waals surface area contributed by atoms with Gasteiger partial charge in [-0.05, 0) is 53.6 Å². The van der Waals surface area contributed by atoms with Gasteiger partial charge in [-0.25, -0.2) is 4.98 Å². The number of furan rings is 1. The Morgan fingerprint density at radius 2 is 0.957 bits per heavy atom. The summed E-state index contributed by atoms with van der Waals surface area (Å²) >= 11 is 0. The second-order valence-corrected chi connectivity index (χ2v) is 12.0. The molecule has 0 spiro atoms. The van der Waals surface area contributed by atoms with Crippen molar-refractivity contribution in [2.75, 3.05) is 0 Å². The maximum Gasteiger partial charge on any atom is 0.159 e. The van der Waals surface area contributed by atoms with Crippen molar-refractivity contribution < 1.29 is 4.42 Å². The van der Waals surface area contributed by atoms with Crippen molar-refractivity contribution in [3.8, 4) is 33.9 Å². The molecule has 4 heteroatoms. The minimum absolute atomic E-state index is 0.836. The van der Waals surface area contributed by atoms with E-state index in [4.69, 9.17) is 9.40 Å². The second-order valence-electron chi connectivity index (χ2n) is 12.0. The summed E-state index contributed by atoms with van der Waals surface area (Å²) in [4.78, 5) is 5.09. The normalized spacial score (nSPS) is 11.8. The highest BCUT2D eigenvalue weighted by Gasteiger charge is 2.22. The van der Waals surface area contributed by atoms with Crippen molar-refractivity contribution in [2.45, 2.75) is 0 Å². The van der Waals surface area contributed by atoms with Crippen LogP contribution in [0.4, 0.5) is 0 Å². The quantitative estimate of drug-likeness (QED) is 0.201. The number of benzene rings is 7. The molecule has 0 aliphatic carbocycles. The monoisotopic (exact) mass is 601 g/mol. The van der Waals surface area contributed by atoms with E-state index in [2.05, 4.69) is 161 Å². The predicted molar refractivity (Wildman–Crippen MR) is 194 cm³/mol. The largest absolute Gasteiger partial charge is 0.452 e. The third-order valence-electron chi connectivity index (χ3n) is 9.34. The number of aromatic nitrogens is 3. The standard InChI is InChI=1S/C43H27N3O/c1-3-13-28(14-4-1)30-25-26-37-34(27-30)31-17-7-9-21-36(31)45(37)39-23-11-18-32-33-19-12-24-40(42(33)47-41(32)39)46-38-22-10-8-20-35(38)44-43(46)29-15-5-2-6-16-29/h1-27H. The molecule has 0 unspecified atom stereocenters. The van der Waals surface area contributed by atoms with Crippen molar-refractivity contribution in [3.63, 3.8) is 0 Å². The van der Waals surface area contributed by atoms with E-state index in [1.54, 1.807) is 0 Å². The highest BCUT2D eigenvalue weighted by Crippen LogP contribution is 2.41. The smallest absolute Gasteiger partial charge is 0.159 e. The van der Waals surface area contributed by atoms with Crippen LogP contribution >= 0.6 is 0 Å². The van der Waals surface area contributed by atoms with Gasteiger partial charge in [0.2, 0.25) is 0 Å². The number of para-hydroxylation sites is 5. The fourth-order valence-corrected chi connectivity index (χ4v) is 7.24. The molecule has 0 bridgehead atoms. The lowest BCUT2D eigenvalue weighted by Gasteiger charge is -2.10. The van der Waals surface area contributed by atoms with E-state index in [0.717, 1.165) is 66.8 Å². The van der Waals surface area contributed by atoms with Crippen molar-refractivity contribution in [1.29, 1.82) is 0 Å². The molecule has 0 radical (unpaired) electrons. The Hall–Kier alpha value is -6.39. The van der Waals surface area contributed by atoms with Gasteiger partial charge in [-0.3, -0.25) is 4.57 Å². The lowest BCUT2D eigenvalue weighted by atomic mass is 10.0. The average molecular weight is 602 g/mol. The van der Waals surface area contributed by atoms with Crippen LogP contribution in [0, 0.1) is 0 Å². The molecule has 0 amide bonds. The molecule has 0 fully saturated rings. The molecule has 0 saturated carbocycles. The van der Waals surface area contributed by atoms with Crippen molar-refractivity contribution in [3.05, 3.63) is 164 Å². The Kier molecular flexibility index (Phi) is 5.54. The molecule has 47 heavy (non-hydrogen) atoms. The van der Waals surface area contributed by atoms with Crippen LogP contribution in [0.2, 0.25) is 0 Å². The summed E-state index contributed by atoms with van der Waals surface area (Å²) in [5.74, 6) is 0.886. The molecule has 3 heterocycles. The Bertz CT molecular complexity index is 2780. The molecule has 0 saturated heterocycles. The number of fused-ring (bicyclic) bond motifs is 7. The van der Waals surface area contributed by atoms with Gasteiger partial charge in [0.05, 0.1) is 33.4 Å². The molecule has 3 aromatic heterocycles. The average Bonchev–Trinajstić information content (AvgIpc) is 3.82. The number of nitrogens with zero attached hydrogens (tertiary/aromatic N) is 3. The molecule has 4 nitrogen and oxygen atoms in total. The van der Waals surface area contributed by atoms with Gasteiger partial charge in [0, 0.05) is 27.1 Å². The summed E-state index contributed by atoms with van der Waals surface area (Å²) in [5.41, 5.74) is 11.4. The van der Waals surface area contributed by atoms with E-state index in [-0.39, 0.29) is 0 Å². The van der Waals surface area contributed by atoms with Crippen LogP contribution in [0.25, 0.3) is 88.7 Å². The van der Waals surface area contributed by atoms with Gasteiger partial charge in [-0.15, -0.1) is 0 Å². The summed E-state index contributed by atoms with van der Waals surface area (Å²) in [6.07, 6.45) is 0. The fraction of sp³-hybridized carbons (Fsp3) is 0. The van der Waals surface area contributed by atoms with Crippen LogP contribution in [-0.2, 0) is 0 Å². The molecule has 0 aliphatic rings. The SMILES string of the molecule is c1ccc(-c2ccc3c(c2)c2ccccc2n3-c2cccc3c2oc2c(-n4c(-c5ccccc5)nc5ccccc54)cccc23)cc1. The minimum Gasteiger partial charge on any atom is -0.452 e. The highest BCUT2D eigenvalue weighted by atomic mass is 16.3. The number of hydrogen-bond donors (Lipinski definition) is 0. The van der Waals surface area contributed by atoms with Crippen molar-refractivity contribution in [2.24, 2.45) is 0 Å². The molecule has 0 aliphatic heterocycles. The van der Waals surface area contributed by atoms with Gasteiger partial charge in [-0.2, -0.15) is 0 Å². The van der Waals surface area contributed by atoms with Gasteiger partial charge in [0.15, 0.2) is 11.2 Å². The van der Waals surface area contributed by atoms with Crippen molar-refractivity contribution >= 4 is 54.8 Å². The zero-order chi connectivity index (χ0) is 30.9. The summed E-state index contributed by atoms with van der Waals surface area (Å²) in [6, 6.07) is 57.6. The number of hydrogen-bond acceptors (Lipinski definition) is 2. The van der Waals surface area contributed by atoms with E-state index >= 15 is 0 Å². The Labute approximate surface area is 270 Å². The topological polar surface area (TPSA) is 35.9 Å². The molecular formula is C43H27N3O. The van der Waals surface area contributed by atoms with Crippen LogP contribution in [0.3, 0.4) is 0 Å². The summed E-state index contributed by atoms with van der Waals surface area (Å²) < 4.78 is 11.6. The summed E-state index contributed by atoms with van der Waals surface area (Å²) in [7, 11) is 0. The fourth-order valence-electron chi connectivity index (χ4n) is 7.24. The molecule has 10 rings (SSSR count). The van der Waals surface area contributed by atoms with Gasteiger partial charge >= 0.3 is 0 Å². The van der Waals surface area contributed by atoms with E-state index < -0.39 is 0 Å². The number of rotatable bonds is 4. The summed E-state index contributed by atoms with van der Waals surface area (Å²) in [6.45, 7) is 0. The molecule has 7 aromatic carbocycles. The maximum atomic E-state index is 7.02. The first kappa shape index (κ1) is 25.9. The zero-order valence-electron chi connectivity index (χ0n) is 25.3. The van der Waals surface area contributed by atoms with Crippen LogP contribution in [-0.4, -0.2) is 14.1 Å². The van der Waals surface area contributed by atoms with E-state index in [0.29, 0.717) is 0 Å². The lowest BCUT2D eigenvalue weighted by molar-refractivity contribution is 0.663. The number of imidazole rings is 1. The highest BCUT2D eigenvalue weighted by molar-refractivity contribution is 6.14. The molecule has 220 valence electrons. The van der Waals surface area contributed by atoms with Gasteiger partial charge in [0.25, 0.3) is 0 Å². The van der Waals surface area contributed by atoms with Gasteiger partial charge in [0.1, 0.15) is 5.82 Å². The third kappa shape index (κ3) is 3.85. The van der Waals surface area contributed by atoms with E-state index in [9.17, 15) is 0 Å². The van der Waals surface area contributed by atoms with Gasteiger partial charge < -0.3 is 8.98 Å². The predicted octanol–water partition coefficient (Wildman–Crippen LogP) is 11.4. The van der Waals surface area contributed by atoms with E-state index in [1.807, 2.05) is 12.1 Å². The molecule has 0 atom stereocenters. The van der Waals surface area contributed by atoms with Crippen LogP contribution in [0.5, 0.6) is 0 Å². The van der Waals surface area contributed by atoms with Crippen LogP contribution in [0.1, 0.15) is 0 Å². The van der Waals surface area contributed by atoms with Crippen LogP contribution < -0.4 is 0 Å². The van der Waals surface area contributed by atoms with Gasteiger partial charge in [-0.1, -0.05) is 121 Å². The van der Waals surface area contributed by atoms with Crippen LogP contribution in [0.15, 0.2) is 168 Å². The Balaban J connectivity index is 1.25. The first-order valence-corrected chi connectivity index (χ1v) is 15.9. The first-order valence-electron chi connectivity index (χ1n) is 15.9. The molecule has 10 aromatic rings. The third-order valence-corrected chi connectivity index (χ3v) is 9.34. The maximum absolute atomic E-state index is 7.02. The second kappa shape index (κ2) is 10.1. The molecule has 0 N–H and O–H groups in total. The molecular weight excluding hydrogens is 574 g/mol.